The molecule has 0 bridgehead atoms. The summed E-state index contributed by atoms with van der Waals surface area (Å²) in [5.41, 5.74) is 0.988. The third-order valence-corrected chi connectivity index (χ3v) is 3.59. The van der Waals surface area contributed by atoms with E-state index in [4.69, 9.17) is 0 Å². The van der Waals surface area contributed by atoms with E-state index in [9.17, 15) is 9.18 Å². The molecule has 2 nitrogen and oxygen atoms in total. The summed E-state index contributed by atoms with van der Waals surface area (Å²) < 4.78 is 14.3. The van der Waals surface area contributed by atoms with Gasteiger partial charge in [-0.05, 0) is 29.7 Å². The maximum absolute atomic E-state index is 12.5. The normalized spacial score (nSPS) is 12.9. The molecular formula is C14H15FINOS. The average molecular weight is 391 g/mol. The second-order valence-electron chi connectivity index (χ2n) is 3.09. The van der Waals surface area contributed by atoms with Crippen molar-refractivity contribution < 1.29 is 9.18 Å². The van der Waals surface area contributed by atoms with Crippen LogP contribution in [0.4, 0.5) is 4.39 Å². The van der Waals surface area contributed by atoms with Gasteiger partial charge in [-0.25, -0.2) is 4.39 Å². The average Bonchev–Trinajstić information content (AvgIpc) is 2.41. The second kappa shape index (κ2) is 12.0. The molecule has 0 rings (SSSR count). The van der Waals surface area contributed by atoms with E-state index in [-0.39, 0.29) is 6.29 Å². The summed E-state index contributed by atoms with van der Waals surface area (Å²) in [6.45, 7) is 7.31. The van der Waals surface area contributed by atoms with Gasteiger partial charge in [0.2, 0.25) is 0 Å². The zero-order chi connectivity index (χ0) is 14.5. The summed E-state index contributed by atoms with van der Waals surface area (Å²) in [5, 5.41) is 0. The first kappa shape index (κ1) is 17.9. The Kier molecular flexibility index (Phi) is 11.3. The highest BCUT2D eigenvalue weighted by Crippen LogP contribution is 2.17. The first-order chi connectivity index (χ1) is 9.13. The molecule has 0 atom stereocenters. The maximum atomic E-state index is 12.5. The van der Waals surface area contributed by atoms with Crippen LogP contribution in [0.15, 0.2) is 73.3 Å². The molecular weight excluding hydrogens is 376 g/mol. The molecule has 0 aliphatic heterocycles. The van der Waals surface area contributed by atoms with E-state index in [2.05, 4.69) is 36.0 Å². The highest BCUT2D eigenvalue weighted by Gasteiger charge is 1.92. The van der Waals surface area contributed by atoms with E-state index in [1.54, 1.807) is 20.9 Å². The molecule has 0 aliphatic rings. The molecule has 0 saturated heterocycles. The van der Waals surface area contributed by atoms with Crippen LogP contribution >= 0.6 is 34.8 Å². The van der Waals surface area contributed by atoms with E-state index in [1.165, 1.54) is 18.0 Å². The summed E-state index contributed by atoms with van der Waals surface area (Å²) in [7, 11) is 0. The van der Waals surface area contributed by atoms with Crippen LogP contribution in [0, 0.1) is 0 Å². The fourth-order valence-corrected chi connectivity index (χ4v) is 2.06. The van der Waals surface area contributed by atoms with Gasteiger partial charge in [0.15, 0.2) is 12.1 Å². The second-order valence-corrected chi connectivity index (χ2v) is 5.77. The first-order valence-electron chi connectivity index (χ1n) is 5.32. The van der Waals surface area contributed by atoms with Gasteiger partial charge in [0.05, 0.1) is 22.9 Å². The topological polar surface area (TPSA) is 20.3 Å². The standard InChI is InChI=1S/C14H15FINOS/c1-3-7-13(4-2)8-6-11-19-17(16)10-5-9-14(15)12-18/h3-10,12H,1-2,11H2/b8-6+,10-5+,13-7+,14-9+. The molecule has 0 unspecified atom stereocenters. The molecule has 0 N–H and O–H groups in total. The number of carbonyl (C=O) groups excluding carboxylic acids is 1. The van der Waals surface area contributed by atoms with Gasteiger partial charge in [-0.15, -0.1) is 0 Å². The molecule has 0 radical (unpaired) electrons. The smallest absolute Gasteiger partial charge is 0.178 e. The zero-order valence-electron chi connectivity index (χ0n) is 10.3. The lowest BCUT2D eigenvalue weighted by atomic mass is 10.2. The van der Waals surface area contributed by atoms with E-state index >= 15 is 0 Å². The third-order valence-electron chi connectivity index (χ3n) is 1.72. The summed E-state index contributed by atoms with van der Waals surface area (Å²) >= 11 is 3.59. The molecule has 0 saturated carbocycles. The van der Waals surface area contributed by atoms with Crippen LogP contribution in [0.5, 0.6) is 0 Å². The predicted octanol–water partition coefficient (Wildman–Crippen LogP) is 4.71. The number of hydrogen-bond donors (Lipinski definition) is 0. The van der Waals surface area contributed by atoms with Crippen molar-refractivity contribution in [3.8, 4) is 0 Å². The Morgan fingerprint density at radius 1 is 1.37 bits per heavy atom. The maximum Gasteiger partial charge on any atom is 0.178 e. The van der Waals surface area contributed by atoms with Crippen molar-refractivity contribution in [3.05, 3.63) is 73.3 Å². The molecule has 0 aromatic heterocycles. The molecule has 0 aliphatic carbocycles. The predicted molar refractivity (Wildman–Crippen MR) is 90.3 cm³/mol. The molecule has 0 fully saturated rings. The monoisotopic (exact) mass is 391 g/mol. The van der Waals surface area contributed by atoms with Crippen LogP contribution in [-0.4, -0.2) is 14.6 Å². The number of aldehydes is 1. The molecule has 5 heteroatoms. The highest BCUT2D eigenvalue weighted by atomic mass is 127. The number of rotatable bonds is 9. The number of allylic oxidation sites excluding steroid dienone is 8. The van der Waals surface area contributed by atoms with Gasteiger partial charge in [-0.3, -0.25) is 7.31 Å². The number of carbonyl (C=O) groups is 1. The van der Waals surface area contributed by atoms with Crippen LogP contribution in [0.25, 0.3) is 0 Å². The summed E-state index contributed by atoms with van der Waals surface area (Å²) in [5.74, 6) is -0.0358. The Labute approximate surface area is 131 Å². The van der Waals surface area contributed by atoms with Crippen molar-refractivity contribution in [1.29, 1.82) is 0 Å². The fraction of sp³-hybridized carbons (Fsp3) is 0.0714. The lowest BCUT2D eigenvalue weighted by Gasteiger charge is -2.06. The molecule has 0 aromatic rings. The minimum absolute atomic E-state index is 0.167. The SMILES string of the molecule is C=C/C=C(C=C)/C=C/CSN(I)/C=C/C=C(/F)C=O. The van der Waals surface area contributed by atoms with Crippen LogP contribution in [0.2, 0.25) is 0 Å². The Bertz CT molecular complexity index is 427. The van der Waals surface area contributed by atoms with Crippen LogP contribution in [0.3, 0.4) is 0 Å². The van der Waals surface area contributed by atoms with Crippen molar-refractivity contribution in [2.24, 2.45) is 0 Å². The Hall–Kier alpha value is -1.08. The fourth-order valence-electron chi connectivity index (χ4n) is 0.911. The van der Waals surface area contributed by atoms with Crippen LogP contribution in [-0.2, 0) is 4.79 Å². The lowest BCUT2D eigenvalue weighted by Crippen LogP contribution is -1.89. The number of nitrogens with zero attached hydrogens (tertiary/aromatic N) is 1. The largest absolute Gasteiger partial charge is 0.295 e. The molecule has 19 heavy (non-hydrogen) atoms. The minimum atomic E-state index is -0.795. The summed E-state index contributed by atoms with van der Waals surface area (Å²) in [6, 6.07) is 0. The van der Waals surface area contributed by atoms with Crippen LogP contribution < -0.4 is 0 Å². The third kappa shape index (κ3) is 10.5. The van der Waals surface area contributed by atoms with E-state index in [1.807, 2.05) is 18.2 Å². The van der Waals surface area contributed by atoms with Gasteiger partial charge in [0, 0.05) is 12.0 Å². The van der Waals surface area contributed by atoms with Crippen molar-refractivity contribution in [2.75, 3.05) is 5.75 Å². The number of halogens is 2. The zero-order valence-corrected chi connectivity index (χ0v) is 13.3. The Balaban J connectivity index is 4.10. The van der Waals surface area contributed by atoms with Gasteiger partial charge in [0.25, 0.3) is 0 Å². The minimum Gasteiger partial charge on any atom is -0.295 e. The summed E-state index contributed by atoms with van der Waals surface area (Å²) in [4.78, 5) is 10.0. The molecule has 102 valence electrons. The van der Waals surface area contributed by atoms with Crippen LogP contribution in [0.1, 0.15) is 0 Å². The van der Waals surface area contributed by atoms with Crippen molar-refractivity contribution >= 4 is 41.1 Å². The lowest BCUT2D eigenvalue weighted by molar-refractivity contribution is -0.106. The first-order valence-corrected chi connectivity index (χ1v) is 7.23. The van der Waals surface area contributed by atoms with Gasteiger partial charge >= 0.3 is 0 Å². The van der Waals surface area contributed by atoms with Crippen molar-refractivity contribution in [2.45, 2.75) is 0 Å². The van der Waals surface area contributed by atoms with Gasteiger partial charge in [0.1, 0.15) is 0 Å². The van der Waals surface area contributed by atoms with Crippen molar-refractivity contribution in [1.82, 2.24) is 2.52 Å². The quantitative estimate of drug-likeness (QED) is 0.142. The number of hydrogen-bond acceptors (Lipinski definition) is 3. The van der Waals surface area contributed by atoms with Gasteiger partial charge in [-0.1, -0.05) is 43.5 Å². The molecule has 0 spiro atoms. The highest BCUT2D eigenvalue weighted by molar-refractivity contribution is 14.1. The van der Waals surface area contributed by atoms with Gasteiger partial charge in [-0.2, -0.15) is 0 Å². The van der Waals surface area contributed by atoms with Crippen molar-refractivity contribution in [3.63, 3.8) is 0 Å². The van der Waals surface area contributed by atoms with E-state index < -0.39 is 5.83 Å². The van der Waals surface area contributed by atoms with E-state index in [0.29, 0.717) is 0 Å². The Morgan fingerprint density at radius 2 is 2.11 bits per heavy atom. The molecule has 0 aromatic carbocycles. The van der Waals surface area contributed by atoms with E-state index in [0.717, 1.165) is 17.4 Å². The Morgan fingerprint density at radius 3 is 2.68 bits per heavy atom. The van der Waals surface area contributed by atoms with Gasteiger partial charge < -0.3 is 0 Å². The summed E-state index contributed by atoms with van der Waals surface area (Å²) in [6.07, 6.45) is 13.7. The molecule has 0 amide bonds. The molecule has 0 heterocycles.